The molecule has 0 aromatic carbocycles. The number of carbonyl (C=O) groups excluding carboxylic acids is 2. The molecule has 3 N–H and O–H groups in total. The normalized spacial score (nSPS) is 16.6. The zero-order valence-electron chi connectivity index (χ0n) is 11.3. The van der Waals surface area contributed by atoms with Crippen LogP contribution in [-0.4, -0.2) is 34.0 Å². The fourth-order valence-electron chi connectivity index (χ4n) is 2.16. The summed E-state index contributed by atoms with van der Waals surface area (Å²) < 4.78 is 5.06. The van der Waals surface area contributed by atoms with Crippen LogP contribution in [-0.2, 0) is 9.53 Å². The van der Waals surface area contributed by atoms with Gasteiger partial charge in [-0.1, -0.05) is 12.8 Å². The monoisotopic (exact) mass is 278 g/mol. The van der Waals surface area contributed by atoms with Crippen LogP contribution in [0.15, 0.2) is 12.4 Å². The maximum absolute atomic E-state index is 11.9. The average Bonchev–Trinajstić information content (AvgIpc) is 2.91. The van der Waals surface area contributed by atoms with E-state index in [9.17, 15) is 9.59 Å². The van der Waals surface area contributed by atoms with Crippen LogP contribution in [0.2, 0.25) is 0 Å². The molecule has 1 atom stereocenters. The smallest absolute Gasteiger partial charge is 0.361 e. The first-order chi connectivity index (χ1) is 9.58. The summed E-state index contributed by atoms with van der Waals surface area (Å²) in [6.45, 7) is 1.52. The maximum atomic E-state index is 11.9. The largest absolute Gasteiger partial charge is 0.448 e. The highest BCUT2D eigenvalue weighted by Crippen LogP contribution is 2.18. The zero-order chi connectivity index (χ0) is 14.5. The highest BCUT2D eigenvalue weighted by molar-refractivity contribution is 5.94. The van der Waals surface area contributed by atoms with E-state index in [4.69, 9.17) is 10.5 Å². The molecule has 0 radical (unpaired) electrons. The van der Waals surface area contributed by atoms with Gasteiger partial charge in [0.25, 0.3) is 5.91 Å². The van der Waals surface area contributed by atoms with Crippen molar-refractivity contribution in [2.24, 2.45) is 0 Å². The van der Waals surface area contributed by atoms with E-state index in [0.29, 0.717) is 0 Å². The third-order valence-corrected chi connectivity index (χ3v) is 3.27. The molecule has 7 nitrogen and oxygen atoms in total. The van der Waals surface area contributed by atoms with Crippen LogP contribution in [0.5, 0.6) is 0 Å². The number of nitrogen functional groups attached to an aromatic ring is 1. The van der Waals surface area contributed by atoms with Gasteiger partial charge >= 0.3 is 5.97 Å². The molecular weight excluding hydrogens is 260 g/mol. The van der Waals surface area contributed by atoms with E-state index in [1.165, 1.54) is 19.3 Å². The molecule has 1 aliphatic rings. The number of nitrogens with zero attached hydrogens (tertiary/aromatic N) is 2. The van der Waals surface area contributed by atoms with Gasteiger partial charge in [-0.05, 0) is 19.8 Å². The van der Waals surface area contributed by atoms with Crippen molar-refractivity contribution in [2.45, 2.75) is 44.8 Å². The van der Waals surface area contributed by atoms with Gasteiger partial charge in [0, 0.05) is 18.4 Å². The van der Waals surface area contributed by atoms with Crippen molar-refractivity contribution < 1.29 is 14.3 Å². The Morgan fingerprint density at radius 3 is 2.65 bits per heavy atom. The van der Waals surface area contributed by atoms with Gasteiger partial charge in [0.2, 0.25) is 0 Å². The Labute approximate surface area is 116 Å². The van der Waals surface area contributed by atoms with Gasteiger partial charge in [-0.2, -0.15) is 0 Å². The lowest BCUT2D eigenvalue weighted by Crippen LogP contribution is -2.41. The number of amides is 1. The Kier molecular flexibility index (Phi) is 4.49. The highest BCUT2D eigenvalue weighted by Gasteiger charge is 2.24. The first kappa shape index (κ1) is 14.2. The fourth-order valence-corrected chi connectivity index (χ4v) is 2.16. The maximum Gasteiger partial charge on any atom is 0.361 e. The molecule has 1 aromatic heterocycles. The molecule has 2 rings (SSSR count). The quantitative estimate of drug-likeness (QED) is 0.783. The number of rotatable bonds is 4. The van der Waals surface area contributed by atoms with Crippen molar-refractivity contribution >= 4 is 17.7 Å². The van der Waals surface area contributed by atoms with Gasteiger partial charge < -0.3 is 15.8 Å². The molecule has 7 heteroatoms. The lowest BCUT2D eigenvalue weighted by molar-refractivity contribution is -0.129. The molecule has 1 amide bonds. The molecule has 0 aliphatic heterocycles. The van der Waals surface area contributed by atoms with Gasteiger partial charge in [-0.3, -0.25) is 4.79 Å². The molecular formula is C13H18N4O3. The Balaban J connectivity index is 1.90. The number of anilines is 1. The van der Waals surface area contributed by atoms with Gasteiger partial charge in [0.15, 0.2) is 17.6 Å². The predicted molar refractivity (Wildman–Crippen MR) is 71.7 cm³/mol. The molecule has 1 aromatic rings. The molecule has 0 unspecified atom stereocenters. The third kappa shape index (κ3) is 3.43. The van der Waals surface area contributed by atoms with Crippen molar-refractivity contribution in [3.63, 3.8) is 0 Å². The van der Waals surface area contributed by atoms with Crippen molar-refractivity contribution in [3.8, 4) is 0 Å². The van der Waals surface area contributed by atoms with Gasteiger partial charge in [0.1, 0.15) is 0 Å². The molecule has 1 heterocycles. The molecule has 0 saturated heterocycles. The molecule has 1 saturated carbocycles. The Hall–Kier alpha value is -2.18. The number of nitrogens with one attached hydrogen (secondary N) is 1. The molecule has 0 spiro atoms. The summed E-state index contributed by atoms with van der Waals surface area (Å²) in [5, 5.41) is 2.87. The number of aromatic nitrogens is 2. The Morgan fingerprint density at radius 1 is 1.35 bits per heavy atom. The van der Waals surface area contributed by atoms with Crippen LogP contribution < -0.4 is 11.1 Å². The van der Waals surface area contributed by atoms with Crippen molar-refractivity contribution in [2.75, 3.05) is 5.73 Å². The Bertz CT molecular complexity index is 500. The summed E-state index contributed by atoms with van der Waals surface area (Å²) in [7, 11) is 0. The summed E-state index contributed by atoms with van der Waals surface area (Å²) in [6, 6.07) is 0.185. The van der Waals surface area contributed by atoms with Crippen molar-refractivity contribution in [1.82, 2.24) is 15.3 Å². The molecule has 1 aliphatic carbocycles. The molecule has 1 fully saturated rings. The third-order valence-electron chi connectivity index (χ3n) is 3.27. The van der Waals surface area contributed by atoms with E-state index in [-0.39, 0.29) is 23.5 Å². The second-order valence-electron chi connectivity index (χ2n) is 4.83. The van der Waals surface area contributed by atoms with Gasteiger partial charge in [0.05, 0.1) is 0 Å². The second kappa shape index (κ2) is 6.31. The van der Waals surface area contributed by atoms with E-state index in [2.05, 4.69) is 15.3 Å². The van der Waals surface area contributed by atoms with Crippen molar-refractivity contribution in [3.05, 3.63) is 18.1 Å². The summed E-state index contributed by atoms with van der Waals surface area (Å²) >= 11 is 0. The Morgan fingerprint density at radius 2 is 2.00 bits per heavy atom. The predicted octanol–water partition coefficient (Wildman–Crippen LogP) is 0.663. The minimum Gasteiger partial charge on any atom is -0.448 e. The summed E-state index contributed by atoms with van der Waals surface area (Å²) in [5.74, 6) is -1.06. The zero-order valence-corrected chi connectivity index (χ0v) is 11.3. The minimum absolute atomic E-state index is 0.0131. The van der Waals surface area contributed by atoms with E-state index in [0.717, 1.165) is 25.7 Å². The molecule has 20 heavy (non-hydrogen) atoms. The van der Waals surface area contributed by atoms with Crippen molar-refractivity contribution in [1.29, 1.82) is 0 Å². The summed E-state index contributed by atoms with van der Waals surface area (Å²) in [4.78, 5) is 31.3. The first-order valence-electron chi connectivity index (χ1n) is 6.65. The number of nitrogens with two attached hydrogens (primary N) is 1. The summed E-state index contributed by atoms with van der Waals surface area (Å²) in [5.41, 5.74) is 5.45. The van der Waals surface area contributed by atoms with E-state index >= 15 is 0 Å². The van der Waals surface area contributed by atoms with Crippen LogP contribution in [0.4, 0.5) is 5.82 Å². The SMILES string of the molecule is C[C@@H](OC(=O)c1nccnc1N)C(=O)NC1CCCC1. The standard InChI is InChI=1S/C13H18N4O3/c1-8(12(18)17-9-4-2-3-5-9)20-13(19)10-11(14)16-7-6-15-10/h6-9H,2-5H2,1H3,(H2,14,16)(H,17,18)/t8-/m1/s1. The second-order valence-corrected chi connectivity index (χ2v) is 4.83. The van der Waals surface area contributed by atoms with Crippen LogP contribution >= 0.6 is 0 Å². The summed E-state index contributed by atoms with van der Waals surface area (Å²) in [6.07, 6.45) is 6.03. The van der Waals surface area contributed by atoms with Gasteiger partial charge in [-0.15, -0.1) is 0 Å². The highest BCUT2D eigenvalue weighted by atomic mass is 16.5. The van der Waals surface area contributed by atoms with Crippen LogP contribution in [0, 0.1) is 0 Å². The fraction of sp³-hybridized carbons (Fsp3) is 0.538. The minimum atomic E-state index is -0.885. The van der Waals surface area contributed by atoms with E-state index in [1.54, 1.807) is 0 Å². The van der Waals surface area contributed by atoms with E-state index < -0.39 is 12.1 Å². The van der Waals surface area contributed by atoms with Crippen LogP contribution in [0.3, 0.4) is 0 Å². The number of hydrogen-bond donors (Lipinski definition) is 2. The van der Waals surface area contributed by atoms with E-state index in [1.807, 2.05) is 0 Å². The number of ether oxygens (including phenoxy) is 1. The first-order valence-corrected chi connectivity index (χ1v) is 6.65. The lowest BCUT2D eigenvalue weighted by Gasteiger charge is -2.17. The average molecular weight is 278 g/mol. The topological polar surface area (TPSA) is 107 Å². The number of hydrogen-bond acceptors (Lipinski definition) is 6. The molecule has 108 valence electrons. The number of carbonyl (C=O) groups is 2. The number of esters is 1. The lowest BCUT2D eigenvalue weighted by atomic mass is 10.2. The van der Waals surface area contributed by atoms with Crippen LogP contribution in [0.25, 0.3) is 0 Å². The van der Waals surface area contributed by atoms with Gasteiger partial charge in [-0.25, -0.2) is 14.8 Å². The molecule has 0 bridgehead atoms. The van der Waals surface area contributed by atoms with Crippen LogP contribution in [0.1, 0.15) is 43.1 Å².